The summed E-state index contributed by atoms with van der Waals surface area (Å²) in [5, 5.41) is 7.80. The number of hydrogen-bond donors (Lipinski definition) is 2. The highest BCUT2D eigenvalue weighted by Gasteiger charge is 2.13. The van der Waals surface area contributed by atoms with Crippen molar-refractivity contribution >= 4 is 19.9 Å². The maximum absolute atomic E-state index is 10.4. The Balaban J connectivity index is 1.57. The van der Waals surface area contributed by atoms with E-state index in [1.54, 1.807) is 12.1 Å². The molecule has 0 fully saturated rings. The average molecular weight is 465 g/mol. The summed E-state index contributed by atoms with van der Waals surface area (Å²) >= 11 is 6.30. The highest BCUT2D eigenvalue weighted by atomic mass is 35.5. The molecule has 2 aromatic carbocycles. The quantitative estimate of drug-likeness (QED) is 0.302. The van der Waals surface area contributed by atoms with Crippen LogP contribution in [-0.2, 0) is 15.6 Å². The molecule has 0 aliphatic heterocycles. The Morgan fingerprint density at radius 2 is 1.94 bits per heavy atom. The zero-order valence-corrected chi connectivity index (χ0v) is 18.9. The summed E-state index contributed by atoms with van der Waals surface area (Å²) in [4.78, 5) is 13.0. The van der Waals surface area contributed by atoms with Crippen molar-refractivity contribution in [3.8, 4) is 28.6 Å². The molecule has 10 heteroatoms. The molecule has 3 rings (SSSR count). The van der Waals surface area contributed by atoms with Crippen molar-refractivity contribution in [1.29, 1.82) is 0 Å². The lowest BCUT2D eigenvalue weighted by molar-refractivity contribution is 0.242. The highest BCUT2D eigenvalue weighted by Crippen LogP contribution is 2.31. The third-order valence-corrected chi connectivity index (χ3v) is 4.91. The first kappa shape index (κ1) is 23.3. The molecule has 1 heterocycles. The van der Waals surface area contributed by atoms with Gasteiger partial charge in [-0.3, -0.25) is 0 Å². The van der Waals surface area contributed by atoms with Crippen LogP contribution in [-0.4, -0.2) is 34.3 Å². The number of ether oxygens (including phenoxy) is 1. The van der Waals surface area contributed by atoms with Crippen LogP contribution in [0.2, 0.25) is 5.02 Å². The van der Waals surface area contributed by atoms with Gasteiger partial charge in [-0.1, -0.05) is 28.9 Å². The van der Waals surface area contributed by atoms with Crippen molar-refractivity contribution < 1.29 is 23.2 Å². The molecule has 0 aliphatic rings. The lowest BCUT2D eigenvalue weighted by Gasteiger charge is -2.11. The lowest BCUT2D eigenvalue weighted by atomic mass is 10.1. The molecular weight excluding hydrogens is 441 g/mol. The van der Waals surface area contributed by atoms with E-state index in [-0.39, 0.29) is 12.7 Å². The largest absolute Gasteiger partial charge is 0.694 e. The monoisotopic (exact) mass is 464 g/mol. The number of nitrogens with zero attached hydrogens (tertiary/aromatic N) is 2. The van der Waals surface area contributed by atoms with E-state index in [0.717, 1.165) is 16.7 Å². The number of halogens is 1. The van der Waals surface area contributed by atoms with Gasteiger partial charge in [0.2, 0.25) is 5.82 Å². The van der Waals surface area contributed by atoms with Gasteiger partial charge in [0.15, 0.2) is 0 Å². The van der Waals surface area contributed by atoms with Crippen LogP contribution >= 0.6 is 19.9 Å². The zero-order valence-electron chi connectivity index (χ0n) is 17.2. The van der Waals surface area contributed by atoms with Crippen LogP contribution in [0.5, 0.6) is 5.75 Å². The Morgan fingerprint density at radius 3 is 2.61 bits per heavy atom. The SMILES string of the molecule is CC(C)Oc1ccc(-c2noc(-c3ccc(CNCCCO[P+](=O)O)cc3)n2)cc1Cl. The molecule has 0 amide bonds. The highest BCUT2D eigenvalue weighted by molar-refractivity contribution is 7.32. The summed E-state index contributed by atoms with van der Waals surface area (Å²) in [6.07, 6.45) is 0.685. The van der Waals surface area contributed by atoms with Gasteiger partial charge in [-0.25, -0.2) is 0 Å². The predicted molar refractivity (Wildman–Crippen MR) is 118 cm³/mol. The van der Waals surface area contributed by atoms with E-state index in [9.17, 15) is 4.57 Å². The lowest BCUT2D eigenvalue weighted by Crippen LogP contribution is -2.15. The fourth-order valence-electron chi connectivity index (χ4n) is 2.79. The number of aromatic nitrogens is 2. The van der Waals surface area contributed by atoms with Gasteiger partial charge < -0.3 is 14.6 Å². The van der Waals surface area contributed by atoms with Gasteiger partial charge in [-0.2, -0.15) is 4.98 Å². The number of benzene rings is 2. The van der Waals surface area contributed by atoms with E-state index in [2.05, 4.69) is 20.0 Å². The van der Waals surface area contributed by atoms with Gasteiger partial charge in [-0.15, -0.1) is 9.42 Å². The van der Waals surface area contributed by atoms with Crippen molar-refractivity contribution in [3.63, 3.8) is 0 Å². The summed E-state index contributed by atoms with van der Waals surface area (Å²) in [7, 11) is -2.52. The molecule has 0 bridgehead atoms. The van der Waals surface area contributed by atoms with E-state index in [0.29, 0.717) is 42.0 Å². The van der Waals surface area contributed by atoms with Gasteiger partial charge >= 0.3 is 8.25 Å². The number of rotatable bonds is 11. The Morgan fingerprint density at radius 1 is 1.19 bits per heavy atom. The van der Waals surface area contributed by atoms with Crippen LogP contribution in [0.1, 0.15) is 25.8 Å². The second-order valence-electron chi connectivity index (χ2n) is 7.03. The molecule has 8 nitrogen and oxygen atoms in total. The van der Waals surface area contributed by atoms with Crippen molar-refractivity contribution in [2.75, 3.05) is 13.2 Å². The van der Waals surface area contributed by atoms with Crippen LogP contribution in [0.3, 0.4) is 0 Å². The zero-order chi connectivity index (χ0) is 22.2. The van der Waals surface area contributed by atoms with Crippen LogP contribution in [0.4, 0.5) is 0 Å². The van der Waals surface area contributed by atoms with Crippen LogP contribution < -0.4 is 10.1 Å². The van der Waals surface area contributed by atoms with Crippen LogP contribution in [0.15, 0.2) is 47.0 Å². The fraction of sp³-hybridized carbons (Fsp3) is 0.333. The molecule has 1 aromatic heterocycles. The fourth-order valence-corrected chi connectivity index (χ4v) is 3.30. The minimum absolute atomic E-state index is 0.0332. The second kappa shape index (κ2) is 11.3. The summed E-state index contributed by atoms with van der Waals surface area (Å²) in [6, 6.07) is 13.2. The van der Waals surface area contributed by atoms with Gasteiger partial charge in [0.1, 0.15) is 12.4 Å². The number of hydrogen-bond acceptors (Lipinski definition) is 7. The summed E-state index contributed by atoms with van der Waals surface area (Å²) < 4.78 is 26.1. The summed E-state index contributed by atoms with van der Waals surface area (Å²) in [6.45, 7) is 5.48. The first-order valence-corrected chi connectivity index (χ1v) is 11.3. The third-order valence-electron chi connectivity index (χ3n) is 4.21. The molecule has 0 spiro atoms. The smallest absolute Gasteiger partial charge is 0.489 e. The molecule has 31 heavy (non-hydrogen) atoms. The second-order valence-corrected chi connectivity index (χ2v) is 8.17. The van der Waals surface area contributed by atoms with Crippen LogP contribution in [0, 0.1) is 0 Å². The van der Waals surface area contributed by atoms with Crippen molar-refractivity contribution in [1.82, 2.24) is 15.5 Å². The molecule has 2 N–H and O–H groups in total. The normalized spacial score (nSPS) is 11.7. The minimum Gasteiger partial charge on any atom is -0.489 e. The van der Waals surface area contributed by atoms with Gasteiger partial charge in [-0.05, 0) is 62.7 Å². The van der Waals surface area contributed by atoms with E-state index < -0.39 is 8.25 Å². The van der Waals surface area contributed by atoms with Crippen LogP contribution in [0.25, 0.3) is 22.8 Å². The topological polar surface area (TPSA) is 107 Å². The average Bonchev–Trinajstić information content (AvgIpc) is 3.22. The van der Waals surface area contributed by atoms with Gasteiger partial charge in [0.25, 0.3) is 5.89 Å². The molecule has 1 unspecified atom stereocenters. The maximum Gasteiger partial charge on any atom is 0.694 e. The summed E-state index contributed by atoms with van der Waals surface area (Å²) in [5.74, 6) is 1.48. The Hall–Kier alpha value is -2.35. The van der Waals surface area contributed by atoms with E-state index in [4.69, 9.17) is 25.8 Å². The first-order valence-electron chi connectivity index (χ1n) is 9.81. The van der Waals surface area contributed by atoms with E-state index in [1.807, 2.05) is 44.2 Å². The standard InChI is InChI=1S/C21H23ClN3O5P/c1-14(2)29-19-9-8-17(12-18(19)22)20-24-21(30-25-20)16-6-4-15(5-7-16)13-23-10-3-11-28-31(26)27/h4-9,12,14,23H,3,10-11,13H2,1-2H3/p+1. The molecule has 0 radical (unpaired) electrons. The molecule has 0 saturated heterocycles. The van der Waals surface area contributed by atoms with Crippen molar-refractivity contribution in [2.24, 2.45) is 0 Å². The maximum atomic E-state index is 10.4. The van der Waals surface area contributed by atoms with E-state index >= 15 is 0 Å². The van der Waals surface area contributed by atoms with E-state index in [1.165, 1.54) is 0 Å². The predicted octanol–water partition coefficient (Wildman–Crippen LogP) is 4.99. The van der Waals surface area contributed by atoms with Crippen molar-refractivity contribution in [3.05, 3.63) is 53.1 Å². The summed E-state index contributed by atoms with van der Waals surface area (Å²) in [5.41, 5.74) is 2.64. The molecule has 164 valence electrons. The van der Waals surface area contributed by atoms with Crippen molar-refractivity contribution in [2.45, 2.75) is 32.9 Å². The third kappa shape index (κ3) is 7.09. The number of nitrogens with one attached hydrogen (secondary N) is 1. The molecular formula is C21H24ClN3O5P+. The Bertz CT molecular complexity index is 1010. The Labute approximate surface area is 186 Å². The molecule has 1 atom stereocenters. The van der Waals surface area contributed by atoms with Gasteiger partial charge in [0.05, 0.1) is 11.1 Å². The first-order chi connectivity index (χ1) is 14.9. The Kier molecular flexibility index (Phi) is 8.51. The van der Waals surface area contributed by atoms with Gasteiger partial charge in [0, 0.05) is 22.2 Å². The molecule has 3 aromatic rings. The molecule has 0 aliphatic carbocycles. The molecule has 0 saturated carbocycles. The minimum atomic E-state index is -2.52.